The second kappa shape index (κ2) is 9.49. The minimum absolute atomic E-state index is 0.00882. The van der Waals surface area contributed by atoms with Crippen LogP contribution in [0.15, 0.2) is 37.3 Å². The van der Waals surface area contributed by atoms with Crippen molar-refractivity contribution < 1.29 is 18.3 Å². The fourth-order valence-electron chi connectivity index (χ4n) is 4.63. The molecule has 0 bridgehead atoms. The maximum Gasteiger partial charge on any atom is 0.284 e. The summed E-state index contributed by atoms with van der Waals surface area (Å²) in [6.07, 6.45) is 7.32. The number of carbonyl (C=O) groups is 1. The Morgan fingerprint density at radius 1 is 1.24 bits per heavy atom. The molecule has 0 atom stereocenters. The van der Waals surface area contributed by atoms with E-state index in [9.17, 15) is 13.6 Å². The summed E-state index contributed by atoms with van der Waals surface area (Å²) >= 11 is 0. The van der Waals surface area contributed by atoms with Gasteiger partial charge >= 0.3 is 0 Å². The first kappa shape index (κ1) is 22.5. The molecule has 1 aliphatic heterocycles. The minimum atomic E-state index is -2.81. The number of amides is 1. The first-order valence-corrected chi connectivity index (χ1v) is 11.5. The minimum Gasteiger partial charge on any atom is -0.378 e. The Morgan fingerprint density at radius 3 is 2.71 bits per heavy atom. The van der Waals surface area contributed by atoms with Crippen LogP contribution in [0.25, 0.3) is 5.65 Å². The predicted molar refractivity (Wildman–Crippen MR) is 122 cm³/mol. The predicted octanol–water partition coefficient (Wildman–Crippen LogP) is 3.87. The van der Waals surface area contributed by atoms with Crippen LogP contribution >= 0.6 is 0 Å². The highest BCUT2D eigenvalue weighted by molar-refractivity contribution is 6.08. The van der Waals surface area contributed by atoms with Crippen molar-refractivity contribution in [1.29, 1.82) is 0 Å². The number of aromatic nitrogens is 5. The Morgan fingerprint density at radius 2 is 2.00 bits per heavy atom. The van der Waals surface area contributed by atoms with Crippen molar-refractivity contribution in [3.63, 3.8) is 0 Å². The van der Waals surface area contributed by atoms with E-state index in [1.807, 2.05) is 12.1 Å². The highest BCUT2D eigenvalue weighted by atomic mass is 19.3. The van der Waals surface area contributed by atoms with Gasteiger partial charge in [0.1, 0.15) is 11.4 Å². The summed E-state index contributed by atoms with van der Waals surface area (Å²) in [5, 5.41) is 10.9. The van der Waals surface area contributed by atoms with Gasteiger partial charge in [0.25, 0.3) is 12.3 Å². The molecule has 1 aliphatic carbocycles. The molecule has 1 amide bonds. The molecule has 0 unspecified atom stereocenters. The third-order valence-corrected chi connectivity index (χ3v) is 6.60. The lowest BCUT2D eigenvalue weighted by Crippen LogP contribution is -2.36. The molecule has 34 heavy (non-hydrogen) atoms. The number of halogens is 2. The number of alkyl halides is 2. The molecule has 1 saturated carbocycles. The highest BCUT2D eigenvalue weighted by Gasteiger charge is 2.27. The van der Waals surface area contributed by atoms with Gasteiger partial charge in [-0.25, -0.2) is 18.3 Å². The molecule has 180 valence electrons. The first-order valence-electron chi connectivity index (χ1n) is 11.5. The van der Waals surface area contributed by atoms with Crippen molar-refractivity contribution >= 4 is 23.1 Å². The third kappa shape index (κ3) is 4.39. The number of carbonyl (C=O) groups excluding carboxylic acids is 1. The number of hydrogen-bond donors (Lipinski definition) is 1. The molecule has 4 heterocycles. The van der Waals surface area contributed by atoms with Gasteiger partial charge in [0.2, 0.25) is 0 Å². The van der Waals surface area contributed by atoms with Crippen LogP contribution in [0.3, 0.4) is 0 Å². The van der Waals surface area contributed by atoms with E-state index in [1.54, 1.807) is 10.9 Å². The fraction of sp³-hybridized carbons (Fsp3) is 0.478. The van der Waals surface area contributed by atoms with Crippen LogP contribution in [-0.2, 0) is 4.74 Å². The van der Waals surface area contributed by atoms with Gasteiger partial charge < -0.3 is 15.0 Å². The van der Waals surface area contributed by atoms with E-state index in [1.165, 1.54) is 16.9 Å². The van der Waals surface area contributed by atoms with Crippen LogP contribution in [0.1, 0.15) is 54.2 Å². The van der Waals surface area contributed by atoms with Crippen molar-refractivity contribution in [1.82, 2.24) is 24.4 Å². The van der Waals surface area contributed by atoms with Crippen molar-refractivity contribution in [2.75, 3.05) is 36.5 Å². The van der Waals surface area contributed by atoms with Crippen LogP contribution in [0, 0.1) is 5.92 Å². The Hall–Kier alpha value is -3.34. The van der Waals surface area contributed by atoms with Gasteiger partial charge in [-0.05, 0) is 37.7 Å². The topological polar surface area (TPSA) is 89.6 Å². The van der Waals surface area contributed by atoms with Crippen LogP contribution in [0.4, 0.5) is 20.3 Å². The number of anilines is 2. The zero-order chi connectivity index (χ0) is 23.7. The lowest BCUT2D eigenvalue weighted by atomic mass is 9.86. The largest absolute Gasteiger partial charge is 0.378 e. The van der Waals surface area contributed by atoms with Crippen LogP contribution < -0.4 is 10.2 Å². The van der Waals surface area contributed by atoms with Gasteiger partial charge in [0, 0.05) is 25.5 Å². The lowest BCUT2D eigenvalue weighted by molar-refractivity contribution is 0.102. The molecule has 1 saturated heterocycles. The summed E-state index contributed by atoms with van der Waals surface area (Å²) in [4.78, 5) is 19.8. The number of nitrogens with zero attached hydrogens (tertiary/aromatic N) is 6. The zero-order valence-electron chi connectivity index (χ0n) is 18.7. The molecule has 0 radical (unpaired) electrons. The molecule has 1 N–H and O–H groups in total. The molecule has 9 nitrogen and oxygen atoms in total. The number of fused-ring (bicyclic) bond motifs is 1. The van der Waals surface area contributed by atoms with E-state index < -0.39 is 18.0 Å². The zero-order valence-corrected chi connectivity index (χ0v) is 18.7. The van der Waals surface area contributed by atoms with Crippen molar-refractivity contribution in [2.24, 2.45) is 5.92 Å². The number of morpholine rings is 1. The number of rotatable bonds is 6. The maximum atomic E-state index is 13.7. The van der Waals surface area contributed by atoms with Gasteiger partial charge in [-0.15, -0.1) is 6.58 Å². The Kier molecular flexibility index (Phi) is 6.27. The van der Waals surface area contributed by atoms with E-state index in [4.69, 9.17) is 4.74 Å². The normalized spacial score (nSPS) is 21.2. The van der Waals surface area contributed by atoms with Crippen molar-refractivity contribution in [2.45, 2.75) is 38.2 Å². The molecule has 0 aromatic carbocycles. The number of allylic oxidation sites excluding steroid dienone is 1. The van der Waals surface area contributed by atoms with E-state index in [0.717, 1.165) is 25.7 Å². The van der Waals surface area contributed by atoms with Gasteiger partial charge in [0.15, 0.2) is 11.3 Å². The first-order chi connectivity index (χ1) is 16.5. The summed E-state index contributed by atoms with van der Waals surface area (Å²) in [5.74, 6) is 0.603. The lowest BCUT2D eigenvalue weighted by Gasteiger charge is -2.27. The quantitative estimate of drug-likeness (QED) is 0.549. The monoisotopic (exact) mass is 471 g/mol. The molecule has 2 aliphatic rings. The molecule has 2 fully saturated rings. The molecule has 5 rings (SSSR count). The number of hydrogen-bond acceptors (Lipinski definition) is 6. The number of nitrogens with one attached hydrogen (secondary N) is 1. The van der Waals surface area contributed by atoms with Gasteiger partial charge in [-0.1, -0.05) is 6.08 Å². The molecule has 3 aromatic rings. The van der Waals surface area contributed by atoms with Crippen molar-refractivity contribution in [3.8, 4) is 0 Å². The average Bonchev–Trinajstić information content (AvgIpc) is 3.49. The standard InChI is InChI=1S/C23H27F2N7O2/c1-2-15-3-5-16(6-4-15)32-14-18(20(29-32)21(24)25)27-23(33)17-13-26-31-8-7-19(28-22(17)31)30-9-11-34-12-10-30/h2,7-8,13-16,21H,1,3-6,9-12H2,(H,27,33). The van der Waals surface area contributed by atoms with Gasteiger partial charge in [-0.3, -0.25) is 9.48 Å². The molecule has 11 heteroatoms. The van der Waals surface area contributed by atoms with E-state index >= 15 is 0 Å². The Balaban J connectivity index is 1.38. The van der Waals surface area contributed by atoms with E-state index in [0.29, 0.717) is 43.7 Å². The summed E-state index contributed by atoms with van der Waals surface area (Å²) in [6, 6.07) is 1.85. The Labute approximate surface area is 195 Å². The van der Waals surface area contributed by atoms with E-state index in [2.05, 4.69) is 32.0 Å². The SMILES string of the molecule is C=CC1CCC(n2cc(NC(=O)c3cnn4ccc(N5CCOCC5)nc34)c(C(F)F)n2)CC1. The van der Waals surface area contributed by atoms with Crippen LogP contribution in [-0.4, -0.2) is 56.6 Å². The highest BCUT2D eigenvalue weighted by Crippen LogP contribution is 2.35. The molecular weight excluding hydrogens is 444 g/mol. The summed E-state index contributed by atoms with van der Waals surface area (Å²) < 4.78 is 35.9. The second-order valence-electron chi connectivity index (χ2n) is 8.68. The molecule has 3 aromatic heterocycles. The third-order valence-electron chi connectivity index (χ3n) is 6.60. The summed E-state index contributed by atoms with van der Waals surface area (Å²) in [7, 11) is 0. The second-order valence-corrected chi connectivity index (χ2v) is 8.68. The average molecular weight is 472 g/mol. The Bertz CT molecular complexity index is 1180. The van der Waals surface area contributed by atoms with Crippen molar-refractivity contribution in [3.05, 3.63) is 48.6 Å². The number of ether oxygens (including phenoxy) is 1. The van der Waals surface area contributed by atoms with Crippen LogP contribution in [0.2, 0.25) is 0 Å². The maximum absolute atomic E-state index is 13.7. The molecule has 0 spiro atoms. The molecular formula is C23H27F2N7O2. The van der Waals surface area contributed by atoms with Gasteiger partial charge in [0.05, 0.1) is 31.1 Å². The summed E-state index contributed by atoms with van der Waals surface area (Å²) in [5.41, 5.74) is 0.136. The van der Waals surface area contributed by atoms with Gasteiger partial charge in [-0.2, -0.15) is 10.2 Å². The smallest absolute Gasteiger partial charge is 0.284 e. The fourth-order valence-corrected chi connectivity index (χ4v) is 4.63. The van der Waals surface area contributed by atoms with Crippen LogP contribution in [0.5, 0.6) is 0 Å². The van der Waals surface area contributed by atoms with E-state index in [-0.39, 0.29) is 17.3 Å². The summed E-state index contributed by atoms with van der Waals surface area (Å²) in [6.45, 7) is 6.46.